The van der Waals surface area contributed by atoms with E-state index in [4.69, 9.17) is 5.11 Å². The van der Waals surface area contributed by atoms with Gasteiger partial charge in [-0.2, -0.15) is 0 Å². The Hall–Kier alpha value is -1.88. The summed E-state index contributed by atoms with van der Waals surface area (Å²) in [6, 6.07) is 4.65. The zero-order valence-corrected chi connectivity index (χ0v) is 10.6. The normalized spacial score (nSPS) is 10.1. The fourth-order valence-corrected chi connectivity index (χ4v) is 1.58. The first-order chi connectivity index (χ1) is 8.54. The van der Waals surface area contributed by atoms with E-state index in [2.05, 4.69) is 10.6 Å². The van der Waals surface area contributed by atoms with Crippen molar-refractivity contribution in [2.24, 2.45) is 0 Å². The highest BCUT2D eigenvalue weighted by atomic mass is 16.4. The molecule has 0 spiro atoms. The van der Waals surface area contributed by atoms with Crippen molar-refractivity contribution in [3.05, 3.63) is 29.3 Å². The van der Waals surface area contributed by atoms with E-state index in [-0.39, 0.29) is 11.5 Å². The Morgan fingerprint density at radius 2 is 2.06 bits per heavy atom. The molecule has 0 fully saturated rings. The number of carbonyl (C=O) groups is 2. The van der Waals surface area contributed by atoms with Gasteiger partial charge in [-0.3, -0.25) is 4.79 Å². The highest BCUT2D eigenvalue weighted by Gasteiger charge is 2.08. The van der Waals surface area contributed by atoms with Crippen LogP contribution < -0.4 is 10.6 Å². The molecule has 0 saturated heterocycles. The molecule has 3 N–H and O–H groups in total. The van der Waals surface area contributed by atoms with Crippen molar-refractivity contribution >= 4 is 17.6 Å². The van der Waals surface area contributed by atoms with Gasteiger partial charge in [0.1, 0.15) is 0 Å². The number of carboxylic acid groups (broad SMARTS) is 1. The van der Waals surface area contributed by atoms with Crippen LogP contribution in [0.1, 0.15) is 28.8 Å². The van der Waals surface area contributed by atoms with Crippen LogP contribution in [0.15, 0.2) is 18.2 Å². The number of amides is 1. The quantitative estimate of drug-likeness (QED) is 0.670. The van der Waals surface area contributed by atoms with Gasteiger partial charge in [0, 0.05) is 12.1 Å². The molecule has 1 rings (SSSR count). The summed E-state index contributed by atoms with van der Waals surface area (Å²) in [6.45, 7) is 2.57. The molecule has 1 aromatic rings. The van der Waals surface area contributed by atoms with Crippen LogP contribution in [0.4, 0.5) is 5.69 Å². The summed E-state index contributed by atoms with van der Waals surface area (Å²) in [4.78, 5) is 22.4. The number of anilines is 1. The highest BCUT2D eigenvalue weighted by Crippen LogP contribution is 2.16. The van der Waals surface area contributed by atoms with Crippen LogP contribution in [0.3, 0.4) is 0 Å². The second-order valence-electron chi connectivity index (χ2n) is 4.09. The molecule has 98 valence electrons. The fourth-order valence-electron chi connectivity index (χ4n) is 1.58. The van der Waals surface area contributed by atoms with Gasteiger partial charge in [-0.15, -0.1) is 0 Å². The molecule has 0 radical (unpaired) electrons. The summed E-state index contributed by atoms with van der Waals surface area (Å²) in [5.74, 6) is -1.03. The molecule has 0 bridgehead atoms. The highest BCUT2D eigenvalue weighted by molar-refractivity contribution is 5.93. The maximum atomic E-state index is 11.6. The molecule has 1 aromatic carbocycles. The number of carboxylic acids is 1. The first kappa shape index (κ1) is 14.2. The number of aryl methyl sites for hydroxylation is 1. The van der Waals surface area contributed by atoms with Gasteiger partial charge in [0.05, 0.1) is 5.56 Å². The van der Waals surface area contributed by atoms with E-state index in [1.54, 1.807) is 19.1 Å². The van der Waals surface area contributed by atoms with E-state index in [1.165, 1.54) is 6.07 Å². The van der Waals surface area contributed by atoms with Gasteiger partial charge in [0.15, 0.2) is 0 Å². The Bertz CT molecular complexity index is 444. The number of carbonyl (C=O) groups excluding carboxylic acids is 1. The molecule has 0 atom stereocenters. The summed E-state index contributed by atoms with van der Waals surface area (Å²) in [5, 5.41) is 14.6. The van der Waals surface area contributed by atoms with Crippen LogP contribution in [-0.4, -0.2) is 30.6 Å². The molecule has 1 amide bonds. The maximum absolute atomic E-state index is 11.6. The molecule has 5 nitrogen and oxygen atoms in total. The number of aromatic carboxylic acids is 1. The van der Waals surface area contributed by atoms with E-state index in [0.717, 1.165) is 18.5 Å². The molecule has 0 heterocycles. The van der Waals surface area contributed by atoms with E-state index < -0.39 is 5.97 Å². The topological polar surface area (TPSA) is 78.4 Å². The number of benzene rings is 1. The number of rotatable bonds is 6. The molecular weight excluding hydrogens is 232 g/mol. The third kappa shape index (κ3) is 4.18. The Balaban J connectivity index is 2.62. The van der Waals surface area contributed by atoms with Crippen molar-refractivity contribution < 1.29 is 14.7 Å². The van der Waals surface area contributed by atoms with Crippen LogP contribution in [0.25, 0.3) is 0 Å². The lowest BCUT2D eigenvalue weighted by Crippen LogP contribution is -2.15. The molecule has 18 heavy (non-hydrogen) atoms. The predicted octanol–water partition coefficient (Wildman–Crippen LogP) is 1.63. The molecule has 0 aliphatic heterocycles. The van der Waals surface area contributed by atoms with Gasteiger partial charge < -0.3 is 15.7 Å². The molecular formula is C13H18N2O3. The minimum Gasteiger partial charge on any atom is -0.478 e. The van der Waals surface area contributed by atoms with E-state index >= 15 is 0 Å². The van der Waals surface area contributed by atoms with Crippen molar-refractivity contribution in [1.29, 1.82) is 0 Å². The van der Waals surface area contributed by atoms with Gasteiger partial charge in [-0.25, -0.2) is 4.79 Å². The van der Waals surface area contributed by atoms with Crippen molar-refractivity contribution in [3.63, 3.8) is 0 Å². The van der Waals surface area contributed by atoms with E-state index in [1.807, 2.05) is 7.05 Å². The molecule has 5 heteroatoms. The number of nitrogens with one attached hydrogen (secondary N) is 2. The zero-order valence-electron chi connectivity index (χ0n) is 10.6. The Morgan fingerprint density at radius 1 is 1.33 bits per heavy atom. The van der Waals surface area contributed by atoms with E-state index in [9.17, 15) is 9.59 Å². The standard InChI is InChI=1S/C13H18N2O3/c1-9-8-10(13(17)18)5-6-11(9)15-12(16)4-3-7-14-2/h5-6,8,14H,3-4,7H2,1-2H3,(H,15,16)(H,17,18). The average Bonchev–Trinajstić information content (AvgIpc) is 2.32. The zero-order chi connectivity index (χ0) is 13.5. The van der Waals surface area contributed by atoms with Gasteiger partial charge in [-0.1, -0.05) is 0 Å². The van der Waals surface area contributed by atoms with Crippen LogP contribution in [0, 0.1) is 6.92 Å². The Kier molecular flexibility index (Phi) is 5.32. The molecule has 0 unspecified atom stereocenters. The summed E-state index contributed by atoms with van der Waals surface area (Å²) >= 11 is 0. The van der Waals surface area contributed by atoms with Crippen molar-refractivity contribution in [3.8, 4) is 0 Å². The fraction of sp³-hybridized carbons (Fsp3) is 0.385. The number of hydrogen-bond donors (Lipinski definition) is 3. The largest absolute Gasteiger partial charge is 0.478 e. The second-order valence-corrected chi connectivity index (χ2v) is 4.09. The third-order valence-electron chi connectivity index (χ3n) is 2.58. The van der Waals surface area contributed by atoms with Crippen molar-refractivity contribution in [2.75, 3.05) is 18.9 Å². The minimum atomic E-state index is -0.968. The molecule has 0 saturated carbocycles. The van der Waals surface area contributed by atoms with Gasteiger partial charge in [0.2, 0.25) is 5.91 Å². The lowest BCUT2D eigenvalue weighted by molar-refractivity contribution is -0.116. The Morgan fingerprint density at radius 3 is 2.61 bits per heavy atom. The summed E-state index contributed by atoms with van der Waals surface area (Å²) in [5.41, 5.74) is 1.63. The van der Waals surface area contributed by atoms with Gasteiger partial charge >= 0.3 is 5.97 Å². The Labute approximate surface area is 106 Å². The van der Waals surface area contributed by atoms with Crippen molar-refractivity contribution in [2.45, 2.75) is 19.8 Å². The molecule has 0 aromatic heterocycles. The van der Waals surface area contributed by atoms with Crippen LogP contribution in [-0.2, 0) is 4.79 Å². The van der Waals surface area contributed by atoms with Gasteiger partial charge in [0.25, 0.3) is 0 Å². The second kappa shape index (κ2) is 6.76. The molecule has 0 aliphatic carbocycles. The maximum Gasteiger partial charge on any atom is 0.335 e. The minimum absolute atomic E-state index is 0.0589. The third-order valence-corrected chi connectivity index (χ3v) is 2.58. The van der Waals surface area contributed by atoms with Crippen molar-refractivity contribution in [1.82, 2.24) is 5.32 Å². The van der Waals surface area contributed by atoms with Crippen LogP contribution in [0.5, 0.6) is 0 Å². The summed E-state index contributed by atoms with van der Waals surface area (Å²) < 4.78 is 0. The van der Waals surface area contributed by atoms with Crippen LogP contribution >= 0.6 is 0 Å². The summed E-state index contributed by atoms with van der Waals surface area (Å²) in [6.07, 6.45) is 1.22. The average molecular weight is 250 g/mol. The number of hydrogen-bond acceptors (Lipinski definition) is 3. The summed E-state index contributed by atoms with van der Waals surface area (Å²) in [7, 11) is 1.84. The van der Waals surface area contributed by atoms with Gasteiger partial charge in [-0.05, 0) is 50.7 Å². The first-order valence-electron chi connectivity index (χ1n) is 5.83. The monoisotopic (exact) mass is 250 g/mol. The van der Waals surface area contributed by atoms with E-state index in [0.29, 0.717) is 12.1 Å². The molecule has 0 aliphatic rings. The lowest BCUT2D eigenvalue weighted by atomic mass is 10.1. The smallest absolute Gasteiger partial charge is 0.335 e. The first-order valence-corrected chi connectivity index (χ1v) is 5.83. The predicted molar refractivity (Wildman–Crippen MR) is 69.9 cm³/mol. The lowest BCUT2D eigenvalue weighted by Gasteiger charge is -2.09. The SMILES string of the molecule is CNCCCC(=O)Nc1ccc(C(=O)O)cc1C. The van der Waals surface area contributed by atoms with Crippen LogP contribution in [0.2, 0.25) is 0 Å².